The van der Waals surface area contributed by atoms with Gasteiger partial charge in [0.2, 0.25) is 0 Å². The van der Waals surface area contributed by atoms with Gasteiger partial charge in [-0.2, -0.15) is 0 Å². The molecule has 0 saturated heterocycles. The van der Waals surface area contributed by atoms with Gasteiger partial charge in [-0.05, 0) is 161 Å². The standard InChI is InChI=1S/C82H73N5O/c1-79(2,3)52-38-39-83-76(45-52)87-73-35-22-19-32-66(73)67-37-36-59(49-74(67)87)88-58-25-23-24-56(46-58)84-50-85-77-68(51-40-53(80(4,5)6)42-54(41-51)81(7,8)9)43-55(82(10,11)12)44-69(77)62-28-15-13-26-60(62)61-27-14-16-29-63(61)70-47-57(48-75(84)78(70)85)86-71-33-20-17-30-64(71)65-31-18-21-34-72(65)86/h13-49H,1-12H3/i13D,14D,15D,16D,26D,27D,28D,29D. The van der Waals surface area contributed by atoms with E-state index in [0.717, 1.165) is 82.8 Å². The number of fused-ring (bicyclic) bond motifs is 13. The van der Waals surface area contributed by atoms with Crippen molar-refractivity contribution in [2.45, 2.75) is 105 Å². The topological polar surface area (TPSA) is 40.8 Å². The molecule has 0 bridgehead atoms. The molecule has 0 radical (unpaired) electrons. The van der Waals surface area contributed by atoms with Crippen molar-refractivity contribution in [3.05, 3.63) is 253 Å². The molecule has 0 unspecified atom stereocenters. The highest BCUT2D eigenvalue weighted by molar-refractivity contribution is 6.11. The van der Waals surface area contributed by atoms with Gasteiger partial charge < -0.3 is 9.30 Å². The van der Waals surface area contributed by atoms with E-state index in [1.165, 1.54) is 0 Å². The van der Waals surface area contributed by atoms with E-state index in [4.69, 9.17) is 9.72 Å². The number of para-hydroxylation sites is 3. The summed E-state index contributed by atoms with van der Waals surface area (Å²) in [7, 11) is 0. The summed E-state index contributed by atoms with van der Waals surface area (Å²) < 4.78 is 94.3. The fraction of sp³-hybridized carbons (Fsp3) is 0.195. The molecule has 1 aliphatic rings. The summed E-state index contributed by atoms with van der Waals surface area (Å²) in [5, 5.41) is 4.16. The lowest BCUT2D eigenvalue weighted by molar-refractivity contribution is -0.570. The van der Waals surface area contributed by atoms with Gasteiger partial charge in [0.1, 0.15) is 17.3 Å². The first-order valence-corrected chi connectivity index (χ1v) is 30.4. The molecule has 14 aromatic rings. The smallest absolute Gasteiger partial charge is 0.269 e. The SMILES string of the molecule is [2H]c1c([2H])c([2H])c2c(c1[2H])-c1cc(C(C)(C)C)cc(-c3cc(C(C)(C)C)cc(C(C)(C)C)c3)c1-[n+]1[c-]n(-c3cccc(Oc4ccc5c6ccccc6n(-c6cc(C(C)(C)C)ccn6)c5c4)c3)c3cc(-n4c5ccccc5c5ccccc54)cc(c31)-c1c([2H])c([2H])c([2H])c([2H])c1-2. The van der Waals surface area contributed by atoms with Crippen LogP contribution in [0, 0.1) is 6.33 Å². The molecule has 432 valence electrons. The number of nitrogens with zero attached hydrogens (tertiary/aromatic N) is 5. The molecule has 1 aliphatic heterocycles. The zero-order chi connectivity index (χ0) is 67.7. The number of benzene rings is 10. The first kappa shape index (κ1) is 46.4. The Balaban J connectivity index is 1.09. The van der Waals surface area contributed by atoms with E-state index in [1.54, 1.807) is 0 Å². The molecule has 0 fully saturated rings. The van der Waals surface area contributed by atoms with E-state index in [-0.39, 0.29) is 50.6 Å². The zero-order valence-electron chi connectivity index (χ0n) is 59.9. The highest BCUT2D eigenvalue weighted by Gasteiger charge is 2.32. The minimum absolute atomic E-state index is 0.0350. The number of aromatic nitrogens is 5. The molecule has 88 heavy (non-hydrogen) atoms. The van der Waals surface area contributed by atoms with Crippen molar-refractivity contribution < 1.29 is 20.3 Å². The molecule has 6 heteroatoms. The normalized spacial score (nSPS) is 14.0. The molecule has 4 aromatic heterocycles. The van der Waals surface area contributed by atoms with Gasteiger partial charge in [0.25, 0.3) is 6.33 Å². The second-order valence-electron chi connectivity index (χ2n) is 27.8. The fourth-order valence-electron chi connectivity index (χ4n) is 13.0. The monoisotopic (exact) mass is 1150 g/mol. The van der Waals surface area contributed by atoms with E-state index >= 15 is 0 Å². The maximum Gasteiger partial charge on any atom is 0.269 e. The van der Waals surface area contributed by atoms with Gasteiger partial charge in [-0.3, -0.25) is 13.7 Å². The second-order valence-corrected chi connectivity index (χ2v) is 27.8. The molecule has 0 amide bonds. The Morgan fingerprint density at radius 1 is 0.398 bits per heavy atom. The molecule has 5 heterocycles. The van der Waals surface area contributed by atoms with Gasteiger partial charge in [-0.25, -0.2) is 4.98 Å². The molecule has 0 saturated carbocycles. The van der Waals surface area contributed by atoms with Gasteiger partial charge in [-0.15, -0.1) is 0 Å². The Kier molecular flexibility index (Phi) is 10.5. The first-order valence-electron chi connectivity index (χ1n) is 34.4. The highest BCUT2D eigenvalue weighted by atomic mass is 16.5. The number of rotatable bonds is 6. The summed E-state index contributed by atoms with van der Waals surface area (Å²) in [6, 6.07) is 54.5. The average Bonchev–Trinajstić information content (AvgIpc) is 1.47. The first-order chi connectivity index (χ1) is 45.5. The number of hydrogen-bond acceptors (Lipinski definition) is 2. The molecule has 0 N–H and O–H groups in total. The van der Waals surface area contributed by atoms with Gasteiger partial charge in [0, 0.05) is 39.5 Å². The third-order valence-corrected chi connectivity index (χ3v) is 17.7. The summed E-state index contributed by atoms with van der Waals surface area (Å²) in [5.74, 6) is 1.92. The molecule has 0 spiro atoms. The summed E-state index contributed by atoms with van der Waals surface area (Å²) in [5.41, 5.74) is 12.2. The predicted octanol–water partition coefficient (Wildman–Crippen LogP) is 21.3. The Labute approximate surface area is 527 Å². The van der Waals surface area contributed by atoms with Crippen molar-refractivity contribution >= 4 is 54.6 Å². The molecule has 0 aliphatic carbocycles. The third-order valence-electron chi connectivity index (χ3n) is 17.7. The number of imidazole rings is 1. The minimum Gasteiger partial charge on any atom is -0.458 e. The quantitative estimate of drug-likeness (QED) is 0.123. The maximum absolute atomic E-state index is 10.3. The molecular weight excluding hydrogens is 1070 g/mol. The van der Waals surface area contributed by atoms with Gasteiger partial charge >= 0.3 is 0 Å². The van der Waals surface area contributed by atoms with Crippen molar-refractivity contribution in [2.24, 2.45) is 0 Å². The lowest BCUT2D eigenvalue weighted by Gasteiger charge is -2.29. The minimum atomic E-state index is -0.538. The fourth-order valence-corrected chi connectivity index (χ4v) is 13.0. The van der Waals surface area contributed by atoms with Crippen LogP contribution in [-0.4, -0.2) is 18.7 Å². The molecule has 0 atom stereocenters. The highest BCUT2D eigenvalue weighted by Crippen LogP contribution is 2.49. The van der Waals surface area contributed by atoms with Crippen LogP contribution in [-0.2, 0) is 21.7 Å². The van der Waals surface area contributed by atoms with Crippen molar-refractivity contribution in [2.75, 3.05) is 0 Å². The number of hydrogen-bond donors (Lipinski definition) is 0. The van der Waals surface area contributed by atoms with E-state index in [2.05, 4.69) is 196 Å². The molecule has 6 nitrogen and oxygen atoms in total. The average molecular weight is 1150 g/mol. The van der Waals surface area contributed by atoms with Crippen molar-refractivity contribution in [1.82, 2.24) is 18.7 Å². The predicted molar refractivity (Wildman–Crippen MR) is 367 cm³/mol. The third kappa shape index (κ3) is 9.06. The van der Waals surface area contributed by atoms with Crippen LogP contribution in [0.1, 0.15) is 116 Å². The number of ether oxygens (including phenoxy) is 1. The summed E-state index contributed by atoms with van der Waals surface area (Å²) in [6.45, 7) is 26.2. The van der Waals surface area contributed by atoms with E-state index in [9.17, 15) is 11.0 Å². The van der Waals surface area contributed by atoms with Crippen molar-refractivity contribution in [3.8, 4) is 78.9 Å². The van der Waals surface area contributed by atoms with E-state index in [1.807, 2.05) is 88.1 Å². The molecule has 10 aromatic carbocycles. The van der Waals surface area contributed by atoms with Gasteiger partial charge in [-0.1, -0.05) is 222 Å². The second kappa shape index (κ2) is 19.9. The van der Waals surface area contributed by atoms with Crippen molar-refractivity contribution in [1.29, 1.82) is 0 Å². The van der Waals surface area contributed by atoms with Crippen LogP contribution in [0.15, 0.2) is 224 Å². The van der Waals surface area contributed by atoms with Crippen LogP contribution in [0.5, 0.6) is 11.5 Å². The lowest BCUT2D eigenvalue weighted by Crippen LogP contribution is -2.32. The van der Waals surface area contributed by atoms with Gasteiger partial charge in [0.05, 0.1) is 55.4 Å². The van der Waals surface area contributed by atoms with Crippen LogP contribution >= 0.6 is 0 Å². The number of pyridine rings is 1. The Bertz CT molecular complexity index is 5580. The molecule has 15 rings (SSSR count). The summed E-state index contributed by atoms with van der Waals surface area (Å²) in [4.78, 5) is 4.94. The van der Waals surface area contributed by atoms with Gasteiger partial charge in [0.15, 0.2) is 0 Å². The Morgan fingerprint density at radius 3 is 1.50 bits per heavy atom. The summed E-state index contributed by atoms with van der Waals surface area (Å²) in [6.07, 6.45) is 5.81. The lowest BCUT2D eigenvalue weighted by atomic mass is 9.77. The van der Waals surface area contributed by atoms with Crippen LogP contribution in [0.4, 0.5) is 0 Å². The molecular formula is C82H73N5O. The Hall–Kier alpha value is -9.78. The van der Waals surface area contributed by atoms with E-state index in [0.29, 0.717) is 50.7 Å². The zero-order valence-corrected chi connectivity index (χ0v) is 51.9. The largest absolute Gasteiger partial charge is 0.458 e. The van der Waals surface area contributed by atoms with Crippen LogP contribution in [0.2, 0.25) is 0 Å². The van der Waals surface area contributed by atoms with Crippen molar-refractivity contribution in [3.63, 3.8) is 0 Å². The van der Waals surface area contributed by atoms with Crippen LogP contribution in [0.25, 0.3) is 122 Å². The summed E-state index contributed by atoms with van der Waals surface area (Å²) >= 11 is 0. The van der Waals surface area contributed by atoms with E-state index < -0.39 is 41.7 Å². The maximum atomic E-state index is 10.3. The van der Waals surface area contributed by atoms with Crippen LogP contribution in [0.3, 0.4) is 0 Å². The van der Waals surface area contributed by atoms with Crippen LogP contribution < -0.4 is 9.30 Å². The Morgan fingerprint density at radius 2 is 0.909 bits per heavy atom.